The second-order valence-electron chi connectivity index (χ2n) is 6.71. The molecule has 0 aliphatic heterocycles. The van der Waals surface area contributed by atoms with Crippen molar-refractivity contribution in [3.05, 3.63) is 0 Å². The number of methoxy groups -OCH3 is 1. The highest BCUT2D eigenvalue weighted by molar-refractivity contribution is 4.89. The normalized spacial score (nSPS) is 20.1. The molecule has 0 unspecified atom stereocenters. The van der Waals surface area contributed by atoms with Crippen molar-refractivity contribution in [3.8, 4) is 0 Å². The highest BCUT2D eigenvalue weighted by Crippen LogP contribution is 2.43. The zero-order valence-electron chi connectivity index (χ0n) is 12.4. The van der Waals surface area contributed by atoms with E-state index in [1.165, 1.54) is 45.1 Å². The van der Waals surface area contributed by atoms with Gasteiger partial charge in [0.2, 0.25) is 0 Å². The fraction of sp³-hybridized carbons (Fsp3) is 1.00. The molecule has 1 rings (SSSR count). The number of nitrogens with one attached hydrogen (secondary N) is 1. The lowest BCUT2D eigenvalue weighted by Crippen LogP contribution is -2.37. The van der Waals surface area contributed by atoms with Gasteiger partial charge in [-0.05, 0) is 44.9 Å². The van der Waals surface area contributed by atoms with E-state index < -0.39 is 0 Å². The van der Waals surface area contributed by atoms with E-state index in [0.29, 0.717) is 11.5 Å². The van der Waals surface area contributed by atoms with Crippen molar-refractivity contribution in [2.75, 3.05) is 13.7 Å². The monoisotopic (exact) mass is 241 g/mol. The van der Waals surface area contributed by atoms with Crippen molar-refractivity contribution in [2.45, 2.75) is 77.9 Å². The first-order chi connectivity index (χ1) is 7.89. The molecule has 1 fully saturated rings. The van der Waals surface area contributed by atoms with Crippen LogP contribution < -0.4 is 5.32 Å². The number of rotatable bonds is 7. The van der Waals surface area contributed by atoms with Gasteiger partial charge in [0.15, 0.2) is 0 Å². The standard InChI is InChI=1S/C15H31NO/c1-13(2)16-12-15(8-6-7-9-15)11-10-14(3,4)17-5/h13,16H,6-12H2,1-5H3. The SMILES string of the molecule is COC(C)(C)CCC1(CNC(C)C)CCCC1. The fourth-order valence-electron chi connectivity index (χ4n) is 2.73. The van der Waals surface area contributed by atoms with Crippen molar-refractivity contribution in [3.63, 3.8) is 0 Å². The number of hydrogen-bond donors (Lipinski definition) is 1. The third-order valence-electron chi connectivity index (χ3n) is 4.36. The molecule has 0 radical (unpaired) electrons. The minimum Gasteiger partial charge on any atom is -0.379 e. The Labute approximate surface area is 108 Å². The fourth-order valence-corrected chi connectivity index (χ4v) is 2.73. The molecular formula is C15H31NO. The van der Waals surface area contributed by atoms with Crippen molar-refractivity contribution in [1.29, 1.82) is 0 Å². The molecule has 102 valence electrons. The molecule has 0 aromatic rings. The van der Waals surface area contributed by atoms with Crippen LogP contribution in [0.3, 0.4) is 0 Å². The molecule has 0 aromatic carbocycles. The Morgan fingerprint density at radius 3 is 2.29 bits per heavy atom. The van der Waals surface area contributed by atoms with Crippen LogP contribution in [0.5, 0.6) is 0 Å². The van der Waals surface area contributed by atoms with Crippen LogP contribution in [-0.4, -0.2) is 25.3 Å². The average Bonchev–Trinajstić information content (AvgIpc) is 2.74. The second-order valence-corrected chi connectivity index (χ2v) is 6.71. The van der Waals surface area contributed by atoms with Gasteiger partial charge >= 0.3 is 0 Å². The van der Waals surface area contributed by atoms with Gasteiger partial charge in [0.1, 0.15) is 0 Å². The van der Waals surface area contributed by atoms with Gasteiger partial charge < -0.3 is 10.1 Å². The van der Waals surface area contributed by atoms with E-state index in [9.17, 15) is 0 Å². The van der Waals surface area contributed by atoms with Crippen LogP contribution >= 0.6 is 0 Å². The summed E-state index contributed by atoms with van der Waals surface area (Å²) in [5, 5.41) is 3.64. The Morgan fingerprint density at radius 1 is 1.24 bits per heavy atom. The van der Waals surface area contributed by atoms with Gasteiger partial charge in [-0.2, -0.15) is 0 Å². The van der Waals surface area contributed by atoms with E-state index in [0.717, 1.165) is 0 Å². The molecule has 0 heterocycles. The van der Waals surface area contributed by atoms with Crippen LogP contribution in [-0.2, 0) is 4.74 Å². The van der Waals surface area contributed by atoms with E-state index in [1.54, 1.807) is 0 Å². The maximum atomic E-state index is 5.55. The van der Waals surface area contributed by atoms with Gasteiger partial charge in [0, 0.05) is 19.7 Å². The third kappa shape index (κ3) is 4.97. The first-order valence-electron chi connectivity index (χ1n) is 7.18. The van der Waals surface area contributed by atoms with E-state index in [1.807, 2.05) is 7.11 Å². The topological polar surface area (TPSA) is 21.3 Å². The Hall–Kier alpha value is -0.0800. The summed E-state index contributed by atoms with van der Waals surface area (Å²) in [5.74, 6) is 0. The molecular weight excluding hydrogens is 210 g/mol. The maximum absolute atomic E-state index is 5.55. The van der Waals surface area contributed by atoms with E-state index in [4.69, 9.17) is 4.74 Å². The highest BCUT2D eigenvalue weighted by atomic mass is 16.5. The molecule has 1 saturated carbocycles. The third-order valence-corrected chi connectivity index (χ3v) is 4.36. The summed E-state index contributed by atoms with van der Waals surface area (Å²) < 4.78 is 5.55. The first-order valence-corrected chi connectivity index (χ1v) is 7.18. The summed E-state index contributed by atoms with van der Waals surface area (Å²) in [6, 6.07) is 0.600. The van der Waals surface area contributed by atoms with Crippen LogP contribution in [0.25, 0.3) is 0 Å². The van der Waals surface area contributed by atoms with Gasteiger partial charge in [-0.3, -0.25) is 0 Å². The maximum Gasteiger partial charge on any atom is 0.0623 e. The Balaban J connectivity index is 2.47. The summed E-state index contributed by atoms with van der Waals surface area (Å²) in [6.45, 7) is 10.1. The smallest absolute Gasteiger partial charge is 0.0623 e. The van der Waals surface area contributed by atoms with Crippen LogP contribution in [0.1, 0.15) is 66.2 Å². The van der Waals surface area contributed by atoms with Gasteiger partial charge in [-0.1, -0.05) is 26.7 Å². The molecule has 2 heteroatoms. The van der Waals surface area contributed by atoms with E-state index in [2.05, 4.69) is 33.0 Å². The first kappa shape index (κ1) is 15.0. The molecule has 1 N–H and O–H groups in total. The molecule has 17 heavy (non-hydrogen) atoms. The Kier molecular flexibility index (Phi) is 5.46. The minimum absolute atomic E-state index is 0.0351. The summed E-state index contributed by atoms with van der Waals surface area (Å²) in [4.78, 5) is 0. The lowest BCUT2D eigenvalue weighted by atomic mass is 9.78. The molecule has 1 aliphatic carbocycles. The Bertz CT molecular complexity index is 217. The molecule has 1 aliphatic rings. The Morgan fingerprint density at radius 2 is 1.82 bits per heavy atom. The van der Waals surface area contributed by atoms with Crippen molar-refractivity contribution >= 4 is 0 Å². The van der Waals surface area contributed by atoms with Crippen molar-refractivity contribution < 1.29 is 4.74 Å². The quantitative estimate of drug-likeness (QED) is 0.733. The minimum atomic E-state index is 0.0351. The lowest BCUT2D eigenvalue weighted by molar-refractivity contribution is 0.00354. The average molecular weight is 241 g/mol. The lowest BCUT2D eigenvalue weighted by Gasteiger charge is -2.34. The summed E-state index contributed by atoms with van der Waals surface area (Å²) in [6.07, 6.45) is 8.08. The zero-order valence-corrected chi connectivity index (χ0v) is 12.4. The van der Waals surface area contributed by atoms with Gasteiger partial charge in [0.05, 0.1) is 5.60 Å². The molecule has 0 aromatic heterocycles. The van der Waals surface area contributed by atoms with Crippen LogP contribution in [0.2, 0.25) is 0 Å². The van der Waals surface area contributed by atoms with Gasteiger partial charge in [0.25, 0.3) is 0 Å². The summed E-state index contributed by atoms with van der Waals surface area (Å²) in [7, 11) is 1.83. The van der Waals surface area contributed by atoms with E-state index in [-0.39, 0.29) is 5.60 Å². The van der Waals surface area contributed by atoms with E-state index >= 15 is 0 Å². The molecule has 0 bridgehead atoms. The molecule has 0 atom stereocenters. The highest BCUT2D eigenvalue weighted by Gasteiger charge is 2.35. The van der Waals surface area contributed by atoms with Crippen LogP contribution in [0.4, 0.5) is 0 Å². The second kappa shape index (κ2) is 6.19. The van der Waals surface area contributed by atoms with Gasteiger partial charge in [-0.25, -0.2) is 0 Å². The molecule has 2 nitrogen and oxygen atoms in total. The predicted molar refractivity (Wildman–Crippen MR) is 74.4 cm³/mol. The molecule has 0 amide bonds. The van der Waals surface area contributed by atoms with Crippen LogP contribution in [0, 0.1) is 5.41 Å². The van der Waals surface area contributed by atoms with Gasteiger partial charge in [-0.15, -0.1) is 0 Å². The zero-order chi connectivity index (χ0) is 12.9. The molecule has 0 spiro atoms. The predicted octanol–water partition coefficient (Wildman–Crippen LogP) is 3.75. The summed E-state index contributed by atoms with van der Waals surface area (Å²) >= 11 is 0. The van der Waals surface area contributed by atoms with Crippen molar-refractivity contribution in [1.82, 2.24) is 5.32 Å². The largest absolute Gasteiger partial charge is 0.379 e. The van der Waals surface area contributed by atoms with Crippen molar-refractivity contribution in [2.24, 2.45) is 5.41 Å². The molecule has 0 saturated heterocycles. The number of hydrogen-bond acceptors (Lipinski definition) is 2. The number of ether oxygens (including phenoxy) is 1. The summed E-state index contributed by atoms with van der Waals surface area (Å²) in [5.41, 5.74) is 0.577. The van der Waals surface area contributed by atoms with Crippen LogP contribution in [0.15, 0.2) is 0 Å².